The maximum absolute atomic E-state index is 14.1. The number of carbonyl (C=O) groups excluding carboxylic acids is 2. The minimum absolute atomic E-state index is 0.0965. The molecule has 0 radical (unpaired) electrons. The van der Waals surface area contributed by atoms with Gasteiger partial charge in [0, 0.05) is 6.08 Å². The minimum Gasteiger partial charge on any atom is -0.504 e. The SMILES string of the molecule is C=C1C[C@@]23CC[C@H]4[C@@](C)(CCC[C@@]4(C)C(=O)O[C@@H]4O[C@H](CO)[C@@H](O)[C@H](O)[C@H]4O)[C@@H]2CC[C@]1(O[C@@H]1O[C@H](COC(=O)C=Cc2ccc(O)c(O)c2)[C@@H](O)[C@H](O)[C@H]1O)C3. The highest BCUT2D eigenvalue weighted by Gasteiger charge is 2.69. The van der Waals surface area contributed by atoms with E-state index in [4.69, 9.17) is 23.7 Å². The number of fused-ring (bicyclic) bond motifs is 3. The molecule has 2 saturated heterocycles. The van der Waals surface area contributed by atoms with Gasteiger partial charge in [-0.3, -0.25) is 4.79 Å². The third-order valence-corrected chi connectivity index (χ3v) is 14.5. The molecule has 316 valence electrons. The number of aliphatic hydroxyl groups excluding tert-OH is 7. The number of benzene rings is 1. The van der Waals surface area contributed by atoms with Crippen LogP contribution in [-0.2, 0) is 33.3 Å². The molecule has 1 aromatic rings. The first kappa shape index (κ1) is 42.0. The standard InChI is InChI=1S/C41H56O16/c1-20-16-40-13-9-26-38(2,11-4-12-39(26,3)37(52)56-35-33(50)31(48)29(46)24(17-42)54-35)27(40)10-14-41(20,19-40)57-36-34(51)32(49)30(47)25(55-36)18-53-28(45)8-6-21-5-7-22(43)23(44)15-21/h5-8,15,24-27,29-36,42-44,46-51H,1,4,9-14,16-19H2,2-3H3/t24-,25-,26+,27+,29-,30-,31+,32+,33-,34-,35+,36+,38-,39-,40-,41+/m1/s1. The fraction of sp³-hybridized carbons (Fsp3) is 0.707. The first-order valence-electron chi connectivity index (χ1n) is 19.8. The summed E-state index contributed by atoms with van der Waals surface area (Å²) < 4.78 is 29.2. The fourth-order valence-electron chi connectivity index (χ4n) is 11.6. The lowest BCUT2D eigenvalue weighted by molar-refractivity contribution is -0.327. The Bertz CT molecular complexity index is 1730. The average molecular weight is 805 g/mol. The number of rotatable bonds is 9. The maximum atomic E-state index is 14.1. The quantitative estimate of drug-likeness (QED) is 0.0553. The van der Waals surface area contributed by atoms with Crippen LogP contribution in [0.2, 0.25) is 0 Å². The summed E-state index contributed by atoms with van der Waals surface area (Å²) >= 11 is 0. The third kappa shape index (κ3) is 7.19. The van der Waals surface area contributed by atoms with Crippen molar-refractivity contribution in [2.45, 2.75) is 139 Å². The van der Waals surface area contributed by atoms with Crippen molar-refractivity contribution in [1.82, 2.24) is 0 Å². The molecule has 4 aliphatic carbocycles. The molecular weight excluding hydrogens is 748 g/mol. The summed E-state index contributed by atoms with van der Waals surface area (Å²) in [5, 5.41) is 92.6. The Morgan fingerprint density at radius 2 is 1.51 bits per heavy atom. The smallest absolute Gasteiger partial charge is 0.330 e. The second-order valence-corrected chi connectivity index (χ2v) is 17.7. The van der Waals surface area contributed by atoms with E-state index < -0.39 is 97.6 Å². The van der Waals surface area contributed by atoms with Crippen LogP contribution in [0.15, 0.2) is 36.4 Å². The summed E-state index contributed by atoms with van der Waals surface area (Å²) in [5.74, 6) is -1.98. The number of hydrogen-bond donors (Lipinski definition) is 9. The molecule has 16 heteroatoms. The Morgan fingerprint density at radius 3 is 2.21 bits per heavy atom. The molecule has 1 spiro atoms. The van der Waals surface area contributed by atoms with Gasteiger partial charge in [0.1, 0.15) is 55.4 Å². The van der Waals surface area contributed by atoms with Crippen molar-refractivity contribution in [2.75, 3.05) is 13.2 Å². The Hall–Kier alpha value is -3.16. The summed E-state index contributed by atoms with van der Waals surface area (Å²) in [4.78, 5) is 26.6. The molecule has 2 aliphatic heterocycles. The lowest BCUT2D eigenvalue weighted by atomic mass is 9.41. The molecule has 0 unspecified atom stereocenters. The summed E-state index contributed by atoms with van der Waals surface area (Å²) in [6, 6.07) is 4.00. The van der Waals surface area contributed by atoms with Gasteiger partial charge < -0.3 is 69.6 Å². The van der Waals surface area contributed by atoms with E-state index in [1.54, 1.807) is 0 Å². The number of ether oxygens (including phenoxy) is 5. The van der Waals surface area contributed by atoms with Crippen molar-refractivity contribution in [3.8, 4) is 11.5 Å². The van der Waals surface area contributed by atoms with E-state index in [-0.39, 0.29) is 34.2 Å². The average Bonchev–Trinajstić information content (AvgIpc) is 3.37. The molecule has 16 atom stereocenters. The van der Waals surface area contributed by atoms with E-state index in [0.29, 0.717) is 44.1 Å². The molecule has 1 aromatic carbocycles. The Balaban J connectivity index is 1.02. The second kappa shape index (κ2) is 15.5. The highest BCUT2D eigenvalue weighted by Crippen LogP contribution is 2.73. The lowest BCUT2D eigenvalue weighted by Crippen LogP contribution is -2.63. The predicted molar refractivity (Wildman–Crippen MR) is 196 cm³/mol. The van der Waals surface area contributed by atoms with Crippen molar-refractivity contribution >= 4 is 18.0 Å². The van der Waals surface area contributed by atoms with Crippen LogP contribution in [0.5, 0.6) is 11.5 Å². The van der Waals surface area contributed by atoms with E-state index in [9.17, 15) is 55.5 Å². The van der Waals surface area contributed by atoms with Gasteiger partial charge >= 0.3 is 11.9 Å². The molecule has 7 rings (SSSR count). The van der Waals surface area contributed by atoms with Crippen LogP contribution in [-0.4, -0.2) is 138 Å². The summed E-state index contributed by atoms with van der Waals surface area (Å²) in [7, 11) is 0. The van der Waals surface area contributed by atoms with Gasteiger partial charge in [-0.1, -0.05) is 26.0 Å². The molecule has 6 aliphatic rings. The zero-order valence-electron chi connectivity index (χ0n) is 32.2. The topological polar surface area (TPSA) is 262 Å². The molecule has 57 heavy (non-hydrogen) atoms. The largest absolute Gasteiger partial charge is 0.504 e. The predicted octanol–water partition coefficient (Wildman–Crippen LogP) is 0.913. The van der Waals surface area contributed by atoms with Crippen LogP contribution in [0.25, 0.3) is 6.08 Å². The van der Waals surface area contributed by atoms with Crippen LogP contribution >= 0.6 is 0 Å². The number of carbonyl (C=O) groups is 2. The van der Waals surface area contributed by atoms with E-state index in [0.717, 1.165) is 30.9 Å². The first-order chi connectivity index (χ1) is 26.9. The minimum atomic E-state index is -1.70. The maximum Gasteiger partial charge on any atom is 0.330 e. The van der Waals surface area contributed by atoms with Gasteiger partial charge in [-0.15, -0.1) is 0 Å². The van der Waals surface area contributed by atoms with E-state index >= 15 is 0 Å². The summed E-state index contributed by atoms with van der Waals surface area (Å²) in [6.45, 7) is 7.46. The number of phenolic OH excluding ortho intramolecular Hbond substituents is 2. The van der Waals surface area contributed by atoms with Crippen LogP contribution in [0, 0.1) is 28.1 Å². The van der Waals surface area contributed by atoms with E-state index in [2.05, 4.69) is 13.5 Å². The zero-order chi connectivity index (χ0) is 41.2. The van der Waals surface area contributed by atoms with Crippen LogP contribution in [0.4, 0.5) is 0 Å². The molecule has 0 amide bonds. The first-order valence-corrected chi connectivity index (χ1v) is 19.8. The van der Waals surface area contributed by atoms with Gasteiger partial charge in [0.15, 0.2) is 17.8 Å². The van der Waals surface area contributed by atoms with Crippen molar-refractivity contribution in [3.63, 3.8) is 0 Å². The van der Waals surface area contributed by atoms with Crippen molar-refractivity contribution in [2.24, 2.45) is 28.1 Å². The lowest BCUT2D eigenvalue weighted by Gasteiger charge is -2.64. The van der Waals surface area contributed by atoms with Crippen molar-refractivity contribution in [1.29, 1.82) is 0 Å². The van der Waals surface area contributed by atoms with Crippen molar-refractivity contribution < 1.29 is 79.2 Å². The number of aliphatic hydroxyl groups is 7. The monoisotopic (exact) mass is 804 g/mol. The van der Waals surface area contributed by atoms with Gasteiger partial charge in [0.05, 0.1) is 17.6 Å². The summed E-state index contributed by atoms with van der Waals surface area (Å²) in [5.41, 5.74) is -1.16. The van der Waals surface area contributed by atoms with Crippen LogP contribution in [0.3, 0.4) is 0 Å². The summed E-state index contributed by atoms with van der Waals surface area (Å²) in [6.07, 6.45) is -6.74. The Morgan fingerprint density at radius 1 is 0.842 bits per heavy atom. The van der Waals surface area contributed by atoms with Crippen LogP contribution < -0.4 is 0 Å². The van der Waals surface area contributed by atoms with Gasteiger partial charge in [-0.2, -0.15) is 0 Å². The zero-order valence-corrected chi connectivity index (χ0v) is 32.2. The van der Waals surface area contributed by atoms with Gasteiger partial charge in [-0.05, 0) is 110 Å². The molecule has 9 N–H and O–H groups in total. The molecule has 2 bridgehead atoms. The third-order valence-electron chi connectivity index (χ3n) is 14.5. The highest BCUT2D eigenvalue weighted by molar-refractivity contribution is 5.87. The number of aromatic hydroxyl groups is 2. The number of hydrogen-bond acceptors (Lipinski definition) is 16. The van der Waals surface area contributed by atoms with Crippen LogP contribution in [0.1, 0.15) is 77.2 Å². The highest BCUT2D eigenvalue weighted by atomic mass is 16.7. The second-order valence-electron chi connectivity index (χ2n) is 17.7. The molecular formula is C41H56O16. The fourth-order valence-corrected chi connectivity index (χ4v) is 11.6. The van der Waals surface area contributed by atoms with Gasteiger partial charge in [-0.25, -0.2) is 4.79 Å². The molecule has 2 heterocycles. The number of phenols is 2. The molecule has 6 fully saturated rings. The molecule has 4 saturated carbocycles. The normalized spacial score (nSPS) is 45.6. The molecule has 16 nitrogen and oxygen atoms in total. The van der Waals surface area contributed by atoms with E-state index in [1.165, 1.54) is 24.3 Å². The van der Waals surface area contributed by atoms with Crippen molar-refractivity contribution in [3.05, 3.63) is 42.0 Å². The number of esters is 2. The molecule has 0 aromatic heterocycles. The Kier molecular flexibility index (Phi) is 11.4. The van der Waals surface area contributed by atoms with Gasteiger partial charge in [0.2, 0.25) is 6.29 Å². The Labute approximate surface area is 330 Å². The van der Waals surface area contributed by atoms with Gasteiger partial charge in [0.25, 0.3) is 0 Å². The van der Waals surface area contributed by atoms with E-state index in [1.807, 2.05) is 6.92 Å².